The van der Waals surface area contributed by atoms with E-state index < -0.39 is 0 Å². The summed E-state index contributed by atoms with van der Waals surface area (Å²) >= 11 is 5.59. The van der Waals surface area contributed by atoms with Crippen LogP contribution < -0.4 is 5.32 Å². The SMILES string of the molecule is C/C(=C/Cl)CNc1cccc(C)c1C. The van der Waals surface area contributed by atoms with Gasteiger partial charge in [0.1, 0.15) is 0 Å². The highest BCUT2D eigenvalue weighted by Crippen LogP contribution is 2.18. The summed E-state index contributed by atoms with van der Waals surface area (Å²) in [5.74, 6) is 0. The van der Waals surface area contributed by atoms with Gasteiger partial charge < -0.3 is 5.32 Å². The fraction of sp³-hybridized carbons (Fsp3) is 0.333. The molecule has 0 aromatic heterocycles. The van der Waals surface area contributed by atoms with Crippen molar-refractivity contribution in [3.8, 4) is 0 Å². The smallest absolute Gasteiger partial charge is 0.0375 e. The standard InChI is InChI=1S/C12H16ClN/c1-9(7-13)8-14-12-6-4-5-10(2)11(12)3/h4-7,14H,8H2,1-3H3/b9-7-. The maximum absolute atomic E-state index is 5.59. The molecule has 0 atom stereocenters. The molecule has 2 heteroatoms. The van der Waals surface area contributed by atoms with Gasteiger partial charge in [-0.15, -0.1) is 0 Å². The highest BCUT2D eigenvalue weighted by molar-refractivity contribution is 6.25. The van der Waals surface area contributed by atoms with Gasteiger partial charge in [0, 0.05) is 17.8 Å². The third-order valence-electron chi connectivity index (χ3n) is 2.35. The predicted molar refractivity (Wildman–Crippen MR) is 64.0 cm³/mol. The number of nitrogens with one attached hydrogen (secondary N) is 1. The van der Waals surface area contributed by atoms with E-state index in [1.807, 2.05) is 6.92 Å². The summed E-state index contributed by atoms with van der Waals surface area (Å²) in [7, 11) is 0. The van der Waals surface area contributed by atoms with E-state index in [0.29, 0.717) is 0 Å². The molecule has 0 saturated carbocycles. The molecule has 0 amide bonds. The Labute approximate surface area is 90.8 Å². The van der Waals surface area contributed by atoms with E-state index in [2.05, 4.69) is 37.4 Å². The van der Waals surface area contributed by atoms with Crippen LogP contribution in [0.2, 0.25) is 0 Å². The molecule has 0 unspecified atom stereocenters. The van der Waals surface area contributed by atoms with E-state index in [-0.39, 0.29) is 0 Å². The van der Waals surface area contributed by atoms with Crippen molar-refractivity contribution >= 4 is 17.3 Å². The van der Waals surface area contributed by atoms with Gasteiger partial charge in [0.25, 0.3) is 0 Å². The lowest BCUT2D eigenvalue weighted by atomic mass is 10.1. The lowest BCUT2D eigenvalue weighted by Crippen LogP contribution is -2.04. The molecular formula is C12H16ClN. The van der Waals surface area contributed by atoms with E-state index in [1.165, 1.54) is 16.8 Å². The van der Waals surface area contributed by atoms with Crippen molar-refractivity contribution in [2.24, 2.45) is 0 Å². The normalized spacial score (nSPS) is 11.6. The van der Waals surface area contributed by atoms with Gasteiger partial charge in [0.05, 0.1) is 0 Å². The molecule has 0 aliphatic carbocycles. The molecule has 1 aromatic rings. The van der Waals surface area contributed by atoms with E-state index in [0.717, 1.165) is 12.1 Å². The van der Waals surface area contributed by atoms with Gasteiger partial charge >= 0.3 is 0 Å². The number of hydrogen-bond acceptors (Lipinski definition) is 1. The zero-order chi connectivity index (χ0) is 10.6. The van der Waals surface area contributed by atoms with Gasteiger partial charge in [-0.2, -0.15) is 0 Å². The minimum absolute atomic E-state index is 0.799. The first-order valence-electron chi connectivity index (χ1n) is 4.71. The van der Waals surface area contributed by atoms with Crippen molar-refractivity contribution in [1.29, 1.82) is 0 Å². The van der Waals surface area contributed by atoms with Crippen molar-refractivity contribution in [1.82, 2.24) is 0 Å². The zero-order valence-corrected chi connectivity index (χ0v) is 9.65. The van der Waals surface area contributed by atoms with Gasteiger partial charge in [-0.25, -0.2) is 0 Å². The molecule has 1 aromatic carbocycles. The van der Waals surface area contributed by atoms with Crippen LogP contribution in [0.3, 0.4) is 0 Å². The minimum Gasteiger partial charge on any atom is -0.381 e. The Balaban J connectivity index is 2.73. The monoisotopic (exact) mass is 209 g/mol. The van der Waals surface area contributed by atoms with Gasteiger partial charge in [-0.3, -0.25) is 0 Å². The molecule has 0 aliphatic rings. The van der Waals surface area contributed by atoms with E-state index in [1.54, 1.807) is 5.54 Å². The lowest BCUT2D eigenvalue weighted by Gasteiger charge is -2.11. The molecule has 0 saturated heterocycles. The highest BCUT2D eigenvalue weighted by Gasteiger charge is 1.99. The Kier molecular flexibility index (Phi) is 4.02. The third kappa shape index (κ3) is 2.78. The molecule has 0 fully saturated rings. The maximum Gasteiger partial charge on any atom is 0.0375 e. The molecule has 1 N–H and O–H groups in total. The van der Waals surface area contributed by atoms with Gasteiger partial charge in [0.2, 0.25) is 0 Å². The lowest BCUT2D eigenvalue weighted by molar-refractivity contribution is 1.19. The van der Waals surface area contributed by atoms with Gasteiger partial charge in [0.15, 0.2) is 0 Å². The van der Waals surface area contributed by atoms with Gasteiger partial charge in [-0.1, -0.05) is 23.7 Å². The van der Waals surface area contributed by atoms with Crippen molar-refractivity contribution in [2.75, 3.05) is 11.9 Å². The first-order valence-corrected chi connectivity index (χ1v) is 5.14. The van der Waals surface area contributed by atoms with E-state index in [4.69, 9.17) is 11.6 Å². The van der Waals surface area contributed by atoms with Crippen LogP contribution in [0.25, 0.3) is 0 Å². The first kappa shape index (κ1) is 11.1. The van der Waals surface area contributed by atoms with Crippen LogP contribution in [0.5, 0.6) is 0 Å². The minimum atomic E-state index is 0.799. The molecular weight excluding hydrogens is 194 g/mol. The molecule has 76 valence electrons. The Hall–Kier alpha value is -0.950. The van der Waals surface area contributed by atoms with Crippen LogP contribution >= 0.6 is 11.6 Å². The summed E-state index contributed by atoms with van der Waals surface area (Å²) in [5.41, 5.74) is 6.53. The molecule has 0 bridgehead atoms. The Bertz CT molecular complexity index is 342. The predicted octanol–water partition coefficient (Wildman–Crippen LogP) is 3.86. The second-order valence-electron chi connectivity index (χ2n) is 3.56. The molecule has 0 aliphatic heterocycles. The highest BCUT2D eigenvalue weighted by atomic mass is 35.5. The largest absolute Gasteiger partial charge is 0.381 e. The van der Waals surface area contributed by atoms with Gasteiger partial charge in [-0.05, 0) is 43.5 Å². The van der Waals surface area contributed by atoms with Crippen LogP contribution in [0.4, 0.5) is 5.69 Å². The molecule has 1 nitrogen and oxygen atoms in total. The van der Waals surface area contributed by atoms with Crippen molar-refractivity contribution in [3.63, 3.8) is 0 Å². The summed E-state index contributed by atoms with van der Waals surface area (Å²) in [6.07, 6.45) is 0. The first-order chi connectivity index (χ1) is 6.65. The number of hydrogen-bond donors (Lipinski definition) is 1. The van der Waals surface area contributed by atoms with Crippen LogP contribution in [-0.4, -0.2) is 6.54 Å². The Morgan fingerprint density at radius 2 is 2.14 bits per heavy atom. The van der Waals surface area contributed by atoms with E-state index in [9.17, 15) is 0 Å². The molecule has 14 heavy (non-hydrogen) atoms. The second kappa shape index (κ2) is 5.06. The second-order valence-corrected chi connectivity index (χ2v) is 3.77. The van der Waals surface area contributed by atoms with Crippen LogP contribution in [0.1, 0.15) is 18.1 Å². The fourth-order valence-corrected chi connectivity index (χ4v) is 1.29. The van der Waals surface area contributed by atoms with Crippen molar-refractivity contribution in [3.05, 3.63) is 40.4 Å². The number of anilines is 1. The quantitative estimate of drug-likeness (QED) is 0.797. The van der Waals surface area contributed by atoms with Crippen molar-refractivity contribution < 1.29 is 0 Å². The number of benzene rings is 1. The number of halogens is 1. The molecule has 0 heterocycles. The van der Waals surface area contributed by atoms with E-state index >= 15 is 0 Å². The Morgan fingerprint density at radius 3 is 2.79 bits per heavy atom. The molecule has 0 radical (unpaired) electrons. The Morgan fingerprint density at radius 1 is 1.43 bits per heavy atom. The topological polar surface area (TPSA) is 12.0 Å². The van der Waals surface area contributed by atoms with Crippen LogP contribution in [0, 0.1) is 13.8 Å². The molecule has 1 rings (SSSR count). The zero-order valence-electron chi connectivity index (χ0n) is 8.89. The fourth-order valence-electron chi connectivity index (χ4n) is 1.22. The summed E-state index contributed by atoms with van der Waals surface area (Å²) in [4.78, 5) is 0. The number of rotatable bonds is 3. The van der Waals surface area contributed by atoms with Crippen LogP contribution in [0.15, 0.2) is 29.3 Å². The van der Waals surface area contributed by atoms with Crippen molar-refractivity contribution in [2.45, 2.75) is 20.8 Å². The molecule has 0 spiro atoms. The average Bonchev–Trinajstić information content (AvgIpc) is 2.20. The average molecular weight is 210 g/mol. The summed E-state index contributed by atoms with van der Waals surface area (Å²) in [6, 6.07) is 6.26. The maximum atomic E-state index is 5.59. The third-order valence-corrected chi connectivity index (χ3v) is 2.72. The summed E-state index contributed by atoms with van der Waals surface area (Å²) in [6.45, 7) is 7.04. The summed E-state index contributed by atoms with van der Waals surface area (Å²) in [5, 5.41) is 3.35. The summed E-state index contributed by atoms with van der Waals surface area (Å²) < 4.78 is 0. The van der Waals surface area contributed by atoms with Crippen LogP contribution in [-0.2, 0) is 0 Å². The number of aryl methyl sites for hydroxylation is 1.